The molecule has 0 saturated heterocycles. The van der Waals surface area contributed by atoms with Crippen LogP contribution in [-0.2, 0) is 10.3 Å². The van der Waals surface area contributed by atoms with E-state index < -0.39 is 11.6 Å². The highest BCUT2D eigenvalue weighted by Crippen LogP contribution is 2.34. The van der Waals surface area contributed by atoms with Crippen LogP contribution in [0.3, 0.4) is 0 Å². The molecule has 1 N–H and O–H groups in total. The van der Waals surface area contributed by atoms with Gasteiger partial charge in [-0.25, -0.2) is 4.79 Å². The summed E-state index contributed by atoms with van der Waals surface area (Å²) in [6, 6.07) is 19.0. The van der Waals surface area contributed by atoms with Crippen molar-refractivity contribution in [2.75, 3.05) is 7.11 Å². The summed E-state index contributed by atoms with van der Waals surface area (Å²) in [6.07, 6.45) is 0. The molecule has 0 atom stereocenters. The van der Waals surface area contributed by atoms with Crippen LogP contribution in [0.1, 0.15) is 11.1 Å². The summed E-state index contributed by atoms with van der Waals surface area (Å²) in [7, 11) is 1.53. The molecular formula is C16H14N2O2. The lowest BCUT2D eigenvalue weighted by atomic mass is 9.83. The minimum absolute atomic E-state index is 0.361. The maximum atomic E-state index is 11.8. The summed E-state index contributed by atoms with van der Waals surface area (Å²) in [5.41, 5.74) is 0.976. The average Bonchev–Trinajstić information content (AvgIpc) is 2.87. The summed E-state index contributed by atoms with van der Waals surface area (Å²) in [5, 5.41) is 2.93. The predicted molar refractivity (Wildman–Crippen MR) is 76.6 cm³/mol. The van der Waals surface area contributed by atoms with E-state index in [1.54, 1.807) is 0 Å². The molecule has 4 nitrogen and oxygen atoms in total. The minimum Gasteiger partial charge on any atom is -0.482 e. The highest BCUT2D eigenvalue weighted by atomic mass is 16.5. The largest absolute Gasteiger partial charge is 0.482 e. The van der Waals surface area contributed by atoms with Crippen LogP contribution < -0.4 is 5.32 Å². The number of carbonyl (C=O) groups is 1. The van der Waals surface area contributed by atoms with Crippen molar-refractivity contribution in [3.8, 4) is 0 Å². The SMILES string of the molecule is COC1=NC(=O)NC1(c1ccccc1)c1ccccc1. The second-order valence-corrected chi connectivity index (χ2v) is 4.53. The van der Waals surface area contributed by atoms with Crippen LogP contribution in [-0.4, -0.2) is 19.0 Å². The number of nitrogens with zero attached hydrogens (tertiary/aromatic N) is 1. The van der Waals surface area contributed by atoms with Crippen molar-refractivity contribution in [1.29, 1.82) is 0 Å². The summed E-state index contributed by atoms with van der Waals surface area (Å²) in [4.78, 5) is 15.8. The number of methoxy groups -OCH3 is 1. The molecule has 100 valence electrons. The highest BCUT2D eigenvalue weighted by molar-refractivity contribution is 6.06. The Bertz CT molecular complexity index is 611. The predicted octanol–water partition coefficient (Wildman–Crippen LogP) is 2.70. The van der Waals surface area contributed by atoms with Crippen molar-refractivity contribution in [3.05, 3.63) is 71.8 Å². The zero-order valence-electron chi connectivity index (χ0n) is 11.0. The van der Waals surface area contributed by atoms with Gasteiger partial charge in [0, 0.05) is 0 Å². The first-order valence-corrected chi connectivity index (χ1v) is 6.34. The van der Waals surface area contributed by atoms with Crippen LogP contribution in [0.15, 0.2) is 65.7 Å². The minimum atomic E-state index is -0.853. The summed E-state index contributed by atoms with van der Waals surface area (Å²) in [5.74, 6) is 0.361. The van der Waals surface area contributed by atoms with Crippen molar-refractivity contribution in [2.45, 2.75) is 5.54 Å². The first-order valence-electron chi connectivity index (χ1n) is 6.34. The van der Waals surface area contributed by atoms with Gasteiger partial charge in [0.1, 0.15) is 0 Å². The molecule has 2 aromatic rings. The fraction of sp³-hybridized carbons (Fsp3) is 0.125. The van der Waals surface area contributed by atoms with Gasteiger partial charge in [0.2, 0.25) is 5.90 Å². The Kier molecular flexibility index (Phi) is 2.99. The van der Waals surface area contributed by atoms with Gasteiger partial charge in [-0.1, -0.05) is 60.7 Å². The second kappa shape index (κ2) is 4.81. The van der Waals surface area contributed by atoms with Gasteiger partial charge in [-0.2, -0.15) is 4.99 Å². The third-order valence-corrected chi connectivity index (χ3v) is 3.43. The molecule has 20 heavy (non-hydrogen) atoms. The van der Waals surface area contributed by atoms with Crippen LogP contribution in [0.4, 0.5) is 4.79 Å². The quantitative estimate of drug-likeness (QED) is 0.908. The van der Waals surface area contributed by atoms with Crippen molar-refractivity contribution in [2.24, 2.45) is 4.99 Å². The lowest BCUT2D eigenvalue weighted by Crippen LogP contribution is -2.47. The van der Waals surface area contributed by atoms with E-state index in [1.165, 1.54) is 7.11 Å². The molecule has 0 radical (unpaired) electrons. The van der Waals surface area contributed by atoms with Gasteiger partial charge < -0.3 is 10.1 Å². The van der Waals surface area contributed by atoms with Crippen LogP contribution in [0, 0.1) is 0 Å². The molecule has 0 aromatic heterocycles. The zero-order valence-corrected chi connectivity index (χ0v) is 11.0. The molecular weight excluding hydrogens is 252 g/mol. The van der Waals surface area contributed by atoms with E-state index >= 15 is 0 Å². The number of ether oxygens (including phenoxy) is 1. The number of benzene rings is 2. The van der Waals surface area contributed by atoms with E-state index in [-0.39, 0.29) is 0 Å². The Morgan fingerprint density at radius 3 is 1.90 bits per heavy atom. The number of urea groups is 1. The zero-order chi connectivity index (χ0) is 14.0. The van der Waals surface area contributed by atoms with Gasteiger partial charge in [0.25, 0.3) is 0 Å². The highest BCUT2D eigenvalue weighted by Gasteiger charge is 2.47. The molecule has 0 aliphatic carbocycles. The first-order chi connectivity index (χ1) is 9.77. The number of hydrogen-bond donors (Lipinski definition) is 1. The maximum absolute atomic E-state index is 11.8. The molecule has 0 saturated carbocycles. The molecule has 2 aromatic carbocycles. The van der Waals surface area contributed by atoms with E-state index in [0.29, 0.717) is 5.90 Å². The molecule has 4 heteroatoms. The van der Waals surface area contributed by atoms with Crippen LogP contribution in [0.25, 0.3) is 0 Å². The van der Waals surface area contributed by atoms with Gasteiger partial charge >= 0.3 is 6.03 Å². The van der Waals surface area contributed by atoms with Gasteiger partial charge in [-0.15, -0.1) is 0 Å². The smallest absolute Gasteiger partial charge is 0.345 e. The molecule has 2 amide bonds. The van der Waals surface area contributed by atoms with Crippen LogP contribution >= 0.6 is 0 Å². The Hall–Kier alpha value is -2.62. The van der Waals surface area contributed by atoms with Crippen molar-refractivity contribution < 1.29 is 9.53 Å². The van der Waals surface area contributed by atoms with E-state index in [2.05, 4.69) is 10.3 Å². The fourth-order valence-corrected chi connectivity index (χ4v) is 2.55. The molecule has 0 spiro atoms. The Balaban J connectivity index is 2.25. The van der Waals surface area contributed by atoms with Gasteiger partial charge in [0.15, 0.2) is 5.54 Å². The third-order valence-electron chi connectivity index (χ3n) is 3.43. The van der Waals surface area contributed by atoms with Crippen molar-refractivity contribution >= 4 is 11.9 Å². The maximum Gasteiger partial charge on any atom is 0.345 e. The molecule has 1 aliphatic heterocycles. The fourth-order valence-electron chi connectivity index (χ4n) is 2.55. The van der Waals surface area contributed by atoms with Crippen molar-refractivity contribution in [1.82, 2.24) is 5.32 Å². The summed E-state index contributed by atoms with van der Waals surface area (Å²) < 4.78 is 5.37. The standard InChI is InChI=1S/C16H14N2O2/c1-20-14-16(18-15(19)17-14,12-8-4-2-5-9-12)13-10-6-3-7-11-13/h2-11H,1H3,(H,18,19). The average molecular weight is 266 g/mol. The number of amides is 2. The van der Waals surface area contributed by atoms with Crippen LogP contribution in [0.2, 0.25) is 0 Å². The number of hydrogen-bond acceptors (Lipinski definition) is 2. The van der Waals surface area contributed by atoms with Crippen molar-refractivity contribution in [3.63, 3.8) is 0 Å². The van der Waals surface area contributed by atoms with Gasteiger partial charge in [-0.05, 0) is 11.1 Å². The molecule has 1 heterocycles. The normalized spacial score (nSPS) is 16.4. The summed E-state index contributed by atoms with van der Waals surface area (Å²) in [6.45, 7) is 0. The summed E-state index contributed by atoms with van der Waals surface area (Å²) >= 11 is 0. The second-order valence-electron chi connectivity index (χ2n) is 4.53. The molecule has 0 fully saturated rings. The number of rotatable bonds is 2. The van der Waals surface area contributed by atoms with E-state index in [0.717, 1.165) is 11.1 Å². The Labute approximate surface area is 117 Å². The van der Waals surface area contributed by atoms with E-state index in [1.807, 2.05) is 60.7 Å². The van der Waals surface area contributed by atoms with Gasteiger partial charge in [-0.3, -0.25) is 0 Å². The molecule has 1 aliphatic rings. The lowest BCUT2D eigenvalue weighted by Gasteiger charge is -2.30. The van der Waals surface area contributed by atoms with Crippen LogP contribution in [0.5, 0.6) is 0 Å². The Morgan fingerprint density at radius 2 is 1.45 bits per heavy atom. The topological polar surface area (TPSA) is 50.7 Å². The molecule has 3 rings (SSSR count). The number of aliphatic imine (C=N–C) groups is 1. The van der Waals surface area contributed by atoms with E-state index in [4.69, 9.17) is 4.74 Å². The number of nitrogens with one attached hydrogen (secondary N) is 1. The molecule has 0 unspecified atom stereocenters. The third kappa shape index (κ3) is 1.77. The number of carbonyl (C=O) groups excluding carboxylic acids is 1. The van der Waals surface area contributed by atoms with E-state index in [9.17, 15) is 4.79 Å². The monoisotopic (exact) mass is 266 g/mol. The first kappa shape index (κ1) is 12.4. The Morgan fingerprint density at radius 1 is 0.950 bits per heavy atom. The molecule has 0 bridgehead atoms. The van der Waals surface area contributed by atoms with Gasteiger partial charge in [0.05, 0.1) is 7.11 Å². The lowest BCUT2D eigenvalue weighted by molar-refractivity contribution is 0.247.